The zero-order chi connectivity index (χ0) is 14.1. The van der Waals surface area contributed by atoms with Crippen LogP contribution in [0.3, 0.4) is 0 Å². The summed E-state index contributed by atoms with van der Waals surface area (Å²) in [4.78, 5) is 0.0224. The Kier molecular flexibility index (Phi) is 4.04. The van der Waals surface area contributed by atoms with Crippen molar-refractivity contribution >= 4 is 15.8 Å². The molecule has 8 heteroatoms. The molecule has 0 aliphatic heterocycles. The minimum absolute atomic E-state index is 0.00397. The molecule has 0 fully saturated rings. The lowest BCUT2D eigenvalue weighted by atomic mass is 10.1. The molecule has 1 aromatic heterocycles. The van der Waals surface area contributed by atoms with Crippen molar-refractivity contribution in [3.05, 3.63) is 5.69 Å². The van der Waals surface area contributed by atoms with Crippen LogP contribution in [-0.4, -0.2) is 37.5 Å². The molecule has 0 aliphatic rings. The zero-order valence-corrected chi connectivity index (χ0v) is 12.1. The molecule has 1 rings (SSSR count). The number of hydrogen-bond donors (Lipinski definition) is 2. The average molecular weight is 276 g/mol. The Hall–Kier alpha value is -1.12. The maximum absolute atomic E-state index is 12.3. The fourth-order valence-electron chi connectivity index (χ4n) is 1.75. The van der Waals surface area contributed by atoms with Crippen LogP contribution in [0, 0.1) is 6.92 Å². The van der Waals surface area contributed by atoms with Crippen LogP contribution < -0.4 is 10.5 Å². The summed E-state index contributed by atoms with van der Waals surface area (Å²) in [6.45, 7) is 5.37. The maximum Gasteiger partial charge on any atom is 0.246 e. The largest absolute Gasteiger partial charge is 0.383 e. The molecule has 0 amide bonds. The van der Waals surface area contributed by atoms with E-state index in [0.29, 0.717) is 5.69 Å². The summed E-state index contributed by atoms with van der Waals surface area (Å²) in [6, 6.07) is 0. The van der Waals surface area contributed by atoms with E-state index in [-0.39, 0.29) is 17.3 Å². The van der Waals surface area contributed by atoms with Gasteiger partial charge in [0.25, 0.3) is 0 Å². The predicted molar refractivity (Wildman–Crippen MR) is 68.6 cm³/mol. The molecule has 1 heterocycles. The van der Waals surface area contributed by atoms with Crippen LogP contribution >= 0.6 is 0 Å². The highest BCUT2D eigenvalue weighted by Gasteiger charge is 2.31. The number of nitrogens with one attached hydrogen (secondary N) is 1. The third-order valence-electron chi connectivity index (χ3n) is 2.49. The smallest absolute Gasteiger partial charge is 0.246 e. The van der Waals surface area contributed by atoms with Gasteiger partial charge in [0.15, 0.2) is 5.82 Å². The van der Waals surface area contributed by atoms with Crippen molar-refractivity contribution in [2.45, 2.75) is 31.2 Å². The van der Waals surface area contributed by atoms with Gasteiger partial charge in [-0.2, -0.15) is 5.10 Å². The van der Waals surface area contributed by atoms with Crippen LogP contribution in [0.25, 0.3) is 0 Å². The molecule has 0 aromatic carbocycles. The van der Waals surface area contributed by atoms with Gasteiger partial charge in [-0.05, 0) is 20.8 Å². The van der Waals surface area contributed by atoms with Crippen LogP contribution in [0.2, 0.25) is 0 Å². The highest BCUT2D eigenvalue weighted by atomic mass is 32.2. The molecule has 0 unspecified atom stereocenters. The number of nitrogens with two attached hydrogens (primary N) is 1. The van der Waals surface area contributed by atoms with E-state index < -0.39 is 15.6 Å². The second-order valence-corrected chi connectivity index (χ2v) is 6.47. The van der Waals surface area contributed by atoms with E-state index in [1.807, 2.05) is 0 Å². The second-order valence-electron chi connectivity index (χ2n) is 4.85. The highest BCUT2D eigenvalue weighted by Crippen LogP contribution is 2.22. The van der Waals surface area contributed by atoms with Gasteiger partial charge in [0.05, 0.1) is 17.8 Å². The topological polar surface area (TPSA) is 99.2 Å². The minimum atomic E-state index is -3.72. The Morgan fingerprint density at radius 1 is 1.50 bits per heavy atom. The number of aryl methyl sites for hydroxylation is 1. The second kappa shape index (κ2) is 4.87. The molecule has 7 nitrogen and oxygen atoms in total. The Balaban J connectivity index is 3.15. The number of nitrogen functional groups attached to an aromatic ring is 1. The molecule has 18 heavy (non-hydrogen) atoms. The molecule has 0 saturated heterocycles. The van der Waals surface area contributed by atoms with Crippen molar-refractivity contribution in [3.8, 4) is 0 Å². The number of aromatic nitrogens is 2. The van der Waals surface area contributed by atoms with Gasteiger partial charge in [0.1, 0.15) is 4.90 Å². The van der Waals surface area contributed by atoms with Crippen molar-refractivity contribution < 1.29 is 13.2 Å². The summed E-state index contributed by atoms with van der Waals surface area (Å²) in [5.74, 6) is -0.00397. The van der Waals surface area contributed by atoms with Crippen molar-refractivity contribution in [1.29, 1.82) is 0 Å². The summed E-state index contributed by atoms with van der Waals surface area (Å²) in [7, 11) is -0.562. The van der Waals surface area contributed by atoms with Gasteiger partial charge >= 0.3 is 0 Å². The molecule has 0 spiro atoms. The molecule has 0 bridgehead atoms. The average Bonchev–Trinajstić information content (AvgIpc) is 2.38. The highest BCUT2D eigenvalue weighted by molar-refractivity contribution is 7.89. The monoisotopic (exact) mass is 276 g/mol. The van der Waals surface area contributed by atoms with Gasteiger partial charge in [0.2, 0.25) is 10.0 Å². The minimum Gasteiger partial charge on any atom is -0.383 e. The van der Waals surface area contributed by atoms with Gasteiger partial charge in [-0.15, -0.1) is 0 Å². The fraction of sp³-hybridized carbons (Fsp3) is 0.700. The summed E-state index contributed by atoms with van der Waals surface area (Å²) in [5.41, 5.74) is 5.41. The van der Waals surface area contributed by atoms with E-state index in [0.717, 1.165) is 0 Å². The summed E-state index contributed by atoms with van der Waals surface area (Å²) >= 11 is 0. The zero-order valence-electron chi connectivity index (χ0n) is 11.3. The number of sulfonamides is 1. The van der Waals surface area contributed by atoms with Crippen molar-refractivity contribution in [2.24, 2.45) is 7.05 Å². The third kappa shape index (κ3) is 3.01. The molecule has 3 N–H and O–H groups in total. The van der Waals surface area contributed by atoms with Gasteiger partial charge < -0.3 is 10.5 Å². The molecule has 0 radical (unpaired) electrons. The quantitative estimate of drug-likeness (QED) is 0.789. The summed E-state index contributed by atoms with van der Waals surface area (Å²) in [6.07, 6.45) is 0. The summed E-state index contributed by atoms with van der Waals surface area (Å²) < 4.78 is 33.5. The molecule has 0 atom stereocenters. The lowest BCUT2D eigenvalue weighted by Crippen LogP contribution is -2.46. The fourth-order valence-corrected chi connectivity index (χ4v) is 3.48. The van der Waals surface area contributed by atoms with Crippen LogP contribution in [-0.2, 0) is 21.8 Å². The van der Waals surface area contributed by atoms with Crippen LogP contribution in [0.15, 0.2) is 4.90 Å². The maximum atomic E-state index is 12.3. The van der Waals surface area contributed by atoms with Crippen LogP contribution in [0.1, 0.15) is 19.5 Å². The predicted octanol–water partition coefficient (Wildman–Crippen LogP) is 0.0140. The van der Waals surface area contributed by atoms with E-state index >= 15 is 0 Å². The lowest BCUT2D eigenvalue weighted by Gasteiger charge is -2.24. The number of nitrogens with zero attached hydrogens (tertiary/aromatic N) is 2. The van der Waals surface area contributed by atoms with Crippen LogP contribution in [0.4, 0.5) is 5.82 Å². The van der Waals surface area contributed by atoms with E-state index in [1.54, 1.807) is 27.8 Å². The third-order valence-corrected chi connectivity index (χ3v) is 4.35. The first-order chi connectivity index (χ1) is 8.10. The normalized spacial score (nSPS) is 12.9. The summed E-state index contributed by atoms with van der Waals surface area (Å²) in [5, 5.41) is 3.90. The Morgan fingerprint density at radius 3 is 2.44 bits per heavy atom. The Morgan fingerprint density at radius 2 is 2.06 bits per heavy atom. The first kappa shape index (κ1) is 14.9. The first-order valence-electron chi connectivity index (χ1n) is 5.43. The Labute approximate surface area is 107 Å². The molecule has 104 valence electrons. The number of rotatable bonds is 5. The number of ether oxygens (including phenoxy) is 1. The first-order valence-corrected chi connectivity index (χ1v) is 6.91. The van der Waals surface area contributed by atoms with Crippen LogP contribution in [0.5, 0.6) is 0 Å². The van der Waals surface area contributed by atoms with Gasteiger partial charge in [-0.1, -0.05) is 0 Å². The van der Waals surface area contributed by atoms with Crippen molar-refractivity contribution in [1.82, 2.24) is 14.5 Å². The SMILES string of the molecule is COCC(C)(C)NS(=O)(=O)c1c(N)nn(C)c1C. The molecule has 0 saturated carbocycles. The van der Waals surface area contributed by atoms with E-state index in [1.165, 1.54) is 11.8 Å². The van der Waals surface area contributed by atoms with Gasteiger partial charge in [-0.25, -0.2) is 13.1 Å². The number of methoxy groups -OCH3 is 1. The van der Waals surface area contributed by atoms with Crippen molar-refractivity contribution in [3.63, 3.8) is 0 Å². The molecular formula is C10H20N4O3S. The van der Waals surface area contributed by atoms with E-state index in [2.05, 4.69) is 9.82 Å². The van der Waals surface area contributed by atoms with Gasteiger partial charge in [0, 0.05) is 14.2 Å². The number of anilines is 1. The van der Waals surface area contributed by atoms with E-state index in [4.69, 9.17) is 10.5 Å². The molecule has 1 aromatic rings. The Bertz CT molecular complexity index is 534. The van der Waals surface area contributed by atoms with Crippen molar-refractivity contribution in [2.75, 3.05) is 19.5 Å². The lowest BCUT2D eigenvalue weighted by molar-refractivity contribution is 0.141. The number of hydrogen-bond acceptors (Lipinski definition) is 5. The standard InChI is InChI=1S/C10H20N4O3S/c1-7-8(9(11)12-14(7)4)18(15,16)13-10(2,3)6-17-5/h13H,6H2,1-5H3,(H2,11,12). The van der Waals surface area contributed by atoms with Gasteiger partial charge in [-0.3, -0.25) is 4.68 Å². The molecule has 0 aliphatic carbocycles. The molecular weight excluding hydrogens is 256 g/mol. The van der Waals surface area contributed by atoms with E-state index in [9.17, 15) is 8.42 Å².